The van der Waals surface area contributed by atoms with Crippen molar-refractivity contribution in [3.63, 3.8) is 0 Å². The summed E-state index contributed by atoms with van der Waals surface area (Å²) in [5.74, 6) is 0.593. The Morgan fingerprint density at radius 1 is 1.39 bits per heavy atom. The van der Waals surface area contributed by atoms with Gasteiger partial charge in [-0.05, 0) is 32.0 Å². The predicted molar refractivity (Wildman–Crippen MR) is 91.3 cm³/mol. The van der Waals surface area contributed by atoms with Crippen LogP contribution in [0.1, 0.15) is 12.5 Å². The monoisotopic (exact) mass is 322 g/mol. The molecule has 0 spiro atoms. The van der Waals surface area contributed by atoms with Gasteiger partial charge in [-0.1, -0.05) is 18.2 Å². The molecule has 1 atom stereocenters. The Bertz CT molecular complexity index is 509. The van der Waals surface area contributed by atoms with Gasteiger partial charge in [0.15, 0.2) is 5.96 Å². The van der Waals surface area contributed by atoms with Crippen molar-refractivity contribution < 1.29 is 9.13 Å². The largest absolute Gasteiger partial charge is 0.374 e. The van der Waals surface area contributed by atoms with Crippen LogP contribution in [-0.4, -0.2) is 63.3 Å². The van der Waals surface area contributed by atoms with Crippen molar-refractivity contribution in [2.24, 2.45) is 4.99 Å². The molecule has 1 aliphatic heterocycles. The Morgan fingerprint density at radius 2 is 2.22 bits per heavy atom. The summed E-state index contributed by atoms with van der Waals surface area (Å²) < 4.78 is 19.3. The van der Waals surface area contributed by atoms with Crippen molar-refractivity contribution >= 4 is 5.96 Å². The van der Waals surface area contributed by atoms with Gasteiger partial charge in [-0.2, -0.15) is 0 Å². The summed E-state index contributed by atoms with van der Waals surface area (Å²) in [5.41, 5.74) is 0.716. The van der Waals surface area contributed by atoms with Crippen molar-refractivity contribution in [1.82, 2.24) is 15.5 Å². The SMILES string of the molecule is CCNC(=NCC1CN(C)CCO1)NCCc1ccccc1F. The van der Waals surface area contributed by atoms with Gasteiger partial charge in [0.2, 0.25) is 0 Å². The first kappa shape index (κ1) is 17.7. The Hall–Kier alpha value is -1.66. The first-order chi connectivity index (χ1) is 11.2. The number of nitrogens with one attached hydrogen (secondary N) is 2. The highest BCUT2D eigenvalue weighted by Gasteiger charge is 2.17. The maximum absolute atomic E-state index is 13.6. The van der Waals surface area contributed by atoms with Gasteiger partial charge >= 0.3 is 0 Å². The number of hydrogen-bond donors (Lipinski definition) is 2. The van der Waals surface area contributed by atoms with Crippen LogP contribution >= 0.6 is 0 Å². The molecule has 2 rings (SSSR count). The molecular formula is C17H27FN4O. The highest BCUT2D eigenvalue weighted by Crippen LogP contribution is 2.06. The molecule has 0 aromatic heterocycles. The molecule has 1 aromatic carbocycles. The van der Waals surface area contributed by atoms with E-state index in [0.29, 0.717) is 25.1 Å². The maximum atomic E-state index is 13.6. The van der Waals surface area contributed by atoms with E-state index in [4.69, 9.17) is 4.74 Å². The van der Waals surface area contributed by atoms with Crippen molar-refractivity contribution in [2.45, 2.75) is 19.4 Å². The summed E-state index contributed by atoms with van der Waals surface area (Å²) in [4.78, 5) is 6.83. The summed E-state index contributed by atoms with van der Waals surface area (Å²) in [6.45, 7) is 6.71. The van der Waals surface area contributed by atoms with Gasteiger partial charge in [0.1, 0.15) is 5.82 Å². The molecule has 1 unspecified atom stereocenters. The zero-order valence-corrected chi connectivity index (χ0v) is 14.0. The average molecular weight is 322 g/mol. The first-order valence-corrected chi connectivity index (χ1v) is 8.24. The number of ether oxygens (including phenoxy) is 1. The molecule has 1 aliphatic rings. The molecule has 0 amide bonds. The van der Waals surface area contributed by atoms with Gasteiger partial charge < -0.3 is 20.3 Å². The topological polar surface area (TPSA) is 48.9 Å². The van der Waals surface area contributed by atoms with Crippen LogP contribution in [0.4, 0.5) is 4.39 Å². The fraction of sp³-hybridized carbons (Fsp3) is 0.588. The Kier molecular flexibility index (Phi) is 7.29. The number of morpholine rings is 1. The maximum Gasteiger partial charge on any atom is 0.191 e. The summed E-state index contributed by atoms with van der Waals surface area (Å²) in [7, 11) is 2.09. The van der Waals surface area contributed by atoms with E-state index in [-0.39, 0.29) is 11.9 Å². The second-order valence-electron chi connectivity index (χ2n) is 5.74. The second kappa shape index (κ2) is 9.47. The summed E-state index contributed by atoms with van der Waals surface area (Å²) >= 11 is 0. The highest BCUT2D eigenvalue weighted by atomic mass is 19.1. The number of guanidine groups is 1. The van der Waals surface area contributed by atoms with Crippen molar-refractivity contribution in [3.8, 4) is 0 Å². The molecule has 5 nitrogen and oxygen atoms in total. The average Bonchev–Trinajstić information content (AvgIpc) is 2.54. The fourth-order valence-electron chi connectivity index (χ4n) is 2.53. The second-order valence-corrected chi connectivity index (χ2v) is 5.74. The number of halogens is 1. The van der Waals surface area contributed by atoms with Gasteiger partial charge in [-0.25, -0.2) is 4.39 Å². The van der Waals surface area contributed by atoms with Crippen LogP contribution in [0.15, 0.2) is 29.3 Å². The summed E-state index contributed by atoms with van der Waals surface area (Å²) in [6.07, 6.45) is 0.760. The molecule has 23 heavy (non-hydrogen) atoms. The van der Waals surface area contributed by atoms with E-state index in [1.807, 2.05) is 19.1 Å². The van der Waals surface area contributed by atoms with Gasteiger partial charge in [0.25, 0.3) is 0 Å². The lowest BCUT2D eigenvalue weighted by Gasteiger charge is -2.29. The van der Waals surface area contributed by atoms with Gasteiger partial charge in [0.05, 0.1) is 19.3 Å². The van der Waals surface area contributed by atoms with Crippen LogP contribution in [0, 0.1) is 5.82 Å². The fourth-order valence-corrected chi connectivity index (χ4v) is 2.53. The summed E-state index contributed by atoms with van der Waals surface area (Å²) in [5, 5.41) is 6.46. The zero-order valence-electron chi connectivity index (χ0n) is 14.0. The van der Waals surface area contributed by atoms with E-state index >= 15 is 0 Å². The van der Waals surface area contributed by atoms with E-state index < -0.39 is 0 Å². The standard InChI is InChI=1S/C17H27FN4O/c1-3-19-17(21-12-15-13-22(2)10-11-23-15)20-9-8-14-6-4-5-7-16(14)18/h4-7,15H,3,8-13H2,1-2H3,(H2,19,20,21). The Balaban J connectivity index is 1.80. The van der Waals surface area contributed by atoms with Crippen molar-refractivity contribution in [1.29, 1.82) is 0 Å². The van der Waals surface area contributed by atoms with E-state index in [1.165, 1.54) is 6.07 Å². The molecule has 0 radical (unpaired) electrons. The molecule has 1 heterocycles. The lowest BCUT2D eigenvalue weighted by Crippen LogP contribution is -2.43. The number of hydrogen-bond acceptors (Lipinski definition) is 3. The molecule has 2 N–H and O–H groups in total. The Labute approximate surface area is 137 Å². The van der Waals surface area contributed by atoms with Crippen molar-refractivity contribution in [2.75, 3.05) is 46.4 Å². The molecule has 1 saturated heterocycles. The van der Waals surface area contributed by atoms with Crippen LogP contribution in [0.2, 0.25) is 0 Å². The quantitative estimate of drug-likeness (QED) is 0.611. The van der Waals surface area contributed by atoms with E-state index in [0.717, 1.165) is 32.2 Å². The molecule has 128 valence electrons. The first-order valence-electron chi connectivity index (χ1n) is 8.24. The third-order valence-electron chi connectivity index (χ3n) is 3.78. The molecule has 6 heteroatoms. The minimum absolute atomic E-state index is 0.135. The van der Waals surface area contributed by atoms with Crippen LogP contribution in [-0.2, 0) is 11.2 Å². The number of aliphatic imine (C=N–C) groups is 1. The minimum Gasteiger partial charge on any atom is -0.374 e. The molecule has 1 aromatic rings. The smallest absolute Gasteiger partial charge is 0.191 e. The van der Waals surface area contributed by atoms with E-state index in [1.54, 1.807) is 6.07 Å². The van der Waals surface area contributed by atoms with Crippen LogP contribution in [0.5, 0.6) is 0 Å². The number of benzene rings is 1. The lowest BCUT2D eigenvalue weighted by atomic mass is 10.1. The van der Waals surface area contributed by atoms with Crippen molar-refractivity contribution in [3.05, 3.63) is 35.6 Å². The number of nitrogens with zero attached hydrogens (tertiary/aromatic N) is 2. The van der Waals surface area contributed by atoms with Crippen LogP contribution in [0.3, 0.4) is 0 Å². The van der Waals surface area contributed by atoms with Crippen LogP contribution in [0.25, 0.3) is 0 Å². The van der Waals surface area contributed by atoms with Crippen LogP contribution < -0.4 is 10.6 Å². The molecule has 0 bridgehead atoms. The minimum atomic E-state index is -0.158. The summed E-state index contributed by atoms with van der Waals surface area (Å²) in [6, 6.07) is 6.87. The predicted octanol–water partition coefficient (Wildman–Crippen LogP) is 1.25. The normalized spacial score (nSPS) is 19.6. The number of likely N-dealkylation sites (N-methyl/N-ethyl adjacent to an activating group) is 1. The lowest BCUT2D eigenvalue weighted by molar-refractivity contribution is -0.0136. The third-order valence-corrected chi connectivity index (χ3v) is 3.78. The van der Waals surface area contributed by atoms with Gasteiger partial charge in [-0.15, -0.1) is 0 Å². The molecule has 1 fully saturated rings. The van der Waals surface area contributed by atoms with E-state index in [2.05, 4.69) is 27.6 Å². The van der Waals surface area contributed by atoms with Gasteiger partial charge in [-0.3, -0.25) is 4.99 Å². The van der Waals surface area contributed by atoms with E-state index in [9.17, 15) is 4.39 Å². The molecule has 0 saturated carbocycles. The molecular weight excluding hydrogens is 295 g/mol. The Morgan fingerprint density at radius 3 is 2.96 bits per heavy atom. The number of rotatable bonds is 6. The van der Waals surface area contributed by atoms with Gasteiger partial charge in [0, 0.05) is 26.2 Å². The highest BCUT2D eigenvalue weighted by molar-refractivity contribution is 5.79. The molecule has 0 aliphatic carbocycles. The third kappa shape index (κ3) is 6.15. The zero-order chi connectivity index (χ0) is 16.5.